The third kappa shape index (κ3) is 3.75. The highest BCUT2D eigenvalue weighted by Gasteiger charge is 2.31. The Labute approximate surface area is 173 Å². The summed E-state index contributed by atoms with van der Waals surface area (Å²) >= 11 is 12.4. The van der Waals surface area contributed by atoms with Gasteiger partial charge in [0.2, 0.25) is 5.89 Å². The van der Waals surface area contributed by atoms with Crippen LogP contribution < -0.4 is 5.32 Å². The number of oxazole rings is 1. The van der Waals surface area contributed by atoms with Gasteiger partial charge >= 0.3 is 5.97 Å². The number of fused-ring (bicyclic) bond motifs is 1. The van der Waals surface area contributed by atoms with E-state index in [1.807, 2.05) is 13.8 Å². The van der Waals surface area contributed by atoms with Crippen LogP contribution in [0.2, 0.25) is 10.0 Å². The van der Waals surface area contributed by atoms with Gasteiger partial charge in [0.05, 0.1) is 5.56 Å². The van der Waals surface area contributed by atoms with Crippen LogP contribution in [-0.4, -0.2) is 29.6 Å². The lowest BCUT2D eigenvalue weighted by atomic mass is 9.94. The van der Waals surface area contributed by atoms with E-state index in [0.717, 1.165) is 31.5 Å². The molecular formula is C21H20Cl2N2O3. The number of benzene rings is 2. The van der Waals surface area contributed by atoms with Crippen molar-refractivity contribution in [2.45, 2.75) is 32.3 Å². The number of esters is 1. The standard InChI is InChI=1S/C21H20Cl2N2O3/c1-12-15(22)9-14(10-16(12)23)19-25-17-4-3-13(11-18(17)27-19)20(26)28-21(2)5-7-24-8-6-21/h3-4,9-11,24H,5-8H2,1-2H3. The van der Waals surface area contributed by atoms with Crippen LogP contribution in [0.1, 0.15) is 35.7 Å². The summed E-state index contributed by atoms with van der Waals surface area (Å²) in [6, 6.07) is 8.65. The molecule has 28 heavy (non-hydrogen) atoms. The maximum Gasteiger partial charge on any atom is 0.338 e. The van der Waals surface area contributed by atoms with Crippen LogP contribution in [0.4, 0.5) is 0 Å². The fraction of sp³-hybridized carbons (Fsp3) is 0.333. The van der Waals surface area contributed by atoms with Crippen LogP contribution in [0.5, 0.6) is 0 Å². The van der Waals surface area contributed by atoms with Gasteiger partial charge in [0.25, 0.3) is 0 Å². The third-order valence-electron chi connectivity index (χ3n) is 5.15. The van der Waals surface area contributed by atoms with Crippen molar-refractivity contribution in [2.24, 2.45) is 0 Å². The SMILES string of the molecule is Cc1c(Cl)cc(-c2nc3ccc(C(=O)OC4(C)CCNCC4)cc3o2)cc1Cl. The van der Waals surface area contributed by atoms with E-state index in [4.69, 9.17) is 32.4 Å². The molecule has 5 nitrogen and oxygen atoms in total. The fourth-order valence-corrected chi connectivity index (χ4v) is 3.77. The Balaban J connectivity index is 1.62. The van der Waals surface area contributed by atoms with Crippen molar-refractivity contribution in [3.63, 3.8) is 0 Å². The third-order valence-corrected chi connectivity index (χ3v) is 5.94. The Kier molecular flexibility index (Phi) is 5.08. The first-order chi connectivity index (χ1) is 13.3. The molecule has 1 aliphatic rings. The molecule has 1 aliphatic heterocycles. The van der Waals surface area contributed by atoms with E-state index < -0.39 is 5.60 Å². The molecule has 0 spiro atoms. The molecule has 2 aromatic carbocycles. The highest BCUT2D eigenvalue weighted by molar-refractivity contribution is 6.36. The Morgan fingerprint density at radius 2 is 1.86 bits per heavy atom. The Morgan fingerprint density at radius 1 is 1.18 bits per heavy atom. The Hall–Kier alpha value is -2.08. The van der Waals surface area contributed by atoms with Crippen molar-refractivity contribution < 1.29 is 13.9 Å². The summed E-state index contributed by atoms with van der Waals surface area (Å²) in [7, 11) is 0. The summed E-state index contributed by atoms with van der Waals surface area (Å²) in [5, 5.41) is 4.36. The van der Waals surface area contributed by atoms with Gasteiger partial charge in [0.1, 0.15) is 11.1 Å². The van der Waals surface area contributed by atoms with Crippen molar-refractivity contribution in [1.29, 1.82) is 0 Å². The molecule has 0 bridgehead atoms. The molecule has 0 radical (unpaired) electrons. The quantitative estimate of drug-likeness (QED) is 0.576. The van der Waals surface area contributed by atoms with Gasteiger partial charge in [-0.05, 0) is 75.7 Å². The van der Waals surface area contributed by atoms with Gasteiger partial charge in [0, 0.05) is 15.6 Å². The first-order valence-corrected chi connectivity index (χ1v) is 9.91. The second kappa shape index (κ2) is 7.39. The van der Waals surface area contributed by atoms with Crippen molar-refractivity contribution >= 4 is 40.3 Å². The molecule has 0 unspecified atom stereocenters. The molecule has 0 saturated carbocycles. The molecule has 1 saturated heterocycles. The first kappa shape index (κ1) is 19.2. The van der Waals surface area contributed by atoms with Gasteiger partial charge in [-0.25, -0.2) is 9.78 Å². The Morgan fingerprint density at radius 3 is 2.54 bits per heavy atom. The number of ether oxygens (including phenoxy) is 1. The molecule has 0 aliphatic carbocycles. The van der Waals surface area contributed by atoms with Crippen LogP contribution in [0, 0.1) is 6.92 Å². The molecule has 0 amide bonds. The summed E-state index contributed by atoms with van der Waals surface area (Å²) in [4.78, 5) is 17.1. The number of halogens is 2. The number of piperidine rings is 1. The second-order valence-electron chi connectivity index (χ2n) is 7.36. The molecule has 2 heterocycles. The molecule has 3 aromatic rings. The lowest BCUT2D eigenvalue weighted by molar-refractivity contribution is -0.0234. The van der Waals surface area contributed by atoms with Gasteiger partial charge < -0.3 is 14.5 Å². The summed E-state index contributed by atoms with van der Waals surface area (Å²) < 4.78 is 11.6. The van der Waals surface area contributed by atoms with Gasteiger partial charge in [-0.1, -0.05) is 23.2 Å². The minimum Gasteiger partial charge on any atom is -0.456 e. The van der Waals surface area contributed by atoms with E-state index in [0.29, 0.717) is 38.2 Å². The smallest absolute Gasteiger partial charge is 0.338 e. The topological polar surface area (TPSA) is 64.4 Å². The van der Waals surface area contributed by atoms with E-state index in [1.165, 1.54) is 0 Å². The first-order valence-electron chi connectivity index (χ1n) is 9.15. The number of carbonyl (C=O) groups excluding carboxylic acids is 1. The maximum atomic E-state index is 12.6. The van der Waals surface area contributed by atoms with Crippen LogP contribution in [0.25, 0.3) is 22.6 Å². The lowest BCUT2D eigenvalue weighted by Crippen LogP contribution is -2.42. The molecule has 7 heteroatoms. The van der Waals surface area contributed by atoms with Crippen LogP contribution in [0.3, 0.4) is 0 Å². The van der Waals surface area contributed by atoms with Crippen molar-refractivity contribution in [3.05, 3.63) is 51.5 Å². The minimum absolute atomic E-state index is 0.356. The predicted octanol–water partition coefficient (Wildman–Crippen LogP) is 5.41. The largest absolute Gasteiger partial charge is 0.456 e. The zero-order valence-electron chi connectivity index (χ0n) is 15.6. The predicted molar refractivity (Wildman–Crippen MR) is 110 cm³/mol. The lowest BCUT2D eigenvalue weighted by Gasteiger charge is -2.33. The highest BCUT2D eigenvalue weighted by Crippen LogP contribution is 2.33. The number of aromatic nitrogens is 1. The monoisotopic (exact) mass is 418 g/mol. The fourth-order valence-electron chi connectivity index (χ4n) is 3.28. The van der Waals surface area contributed by atoms with Crippen LogP contribution in [0.15, 0.2) is 34.7 Å². The number of hydrogen-bond donors (Lipinski definition) is 1. The van der Waals surface area contributed by atoms with Gasteiger partial charge in [-0.15, -0.1) is 0 Å². The summed E-state index contributed by atoms with van der Waals surface area (Å²) in [5.41, 5.74) is 2.64. The number of carbonyl (C=O) groups is 1. The zero-order chi connectivity index (χ0) is 19.9. The molecule has 1 aromatic heterocycles. The summed E-state index contributed by atoms with van der Waals surface area (Å²) in [6.45, 7) is 5.51. The van der Waals surface area contributed by atoms with Gasteiger partial charge in [-0.3, -0.25) is 0 Å². The molecule has 0 atom stereocenters. The van der Waals surface area contributed by atoms with Crippen LogP contribution >= 0.6 is 23.2 Å². The van der Waals surface area contributed by atoms with Crippen LogP contribution in [-0.2, 0) is 4.74 Å². The molecular weight excluding hydrogens is 399 g/mol. The number of rotatable bonds is 3. The van der Waals surface area contributed by atoms with E-state index in [9.17, 15) is 4.79 Å². The Bertz CT molecular complexity index is 1030. The van der Waals surface area contributed by atoms with E-state index >= 15 is 0 Å². The zero-order valence-corrected chi connectivity index (χ0v) is 17.2. The van der Waals surface area contributed by atoms with E-state index in [1.54, 1.807) is 30.3 Å². The normalized spacial score (nSPS) is 16.3. The van der Waals surface area contributed by atoms with Crippen molar-refractivity contribution in [1.82, 2.24) is 10.3 Å². The van der Waals surface area contributed by atoms with Crippen molar-refractivity contribution in [3.8, 4) is 11.5 Å². The summed E-state index contributed by atoms with van der Waals surface area (Å²) in [6.07, 6.45) is 1.59. The number of nitrogens with one attached hydrogen (secondary N) is 1. The average molecular weight is 419 g/mol. The average Bonchev–Trinajstić information content (AvgIpc) is 3.09. The summed E-state index contributed by atoms with van der Waals surface area (Å²) in [5.74, 6) is 0.0420. The highest BCUT2D eigenvalue weighted by atomic mass is 35.5. The van der Waals surface area contributed by atoms with Crippen molar-refractivity contribution in [2.75, 3.05) is 13.1 Å². The van der Waals surface area contributed by atoms with E-state index in [2.05, 4.69) is 10.3 Å². The second-order valence-corrected chi connectivity index (χ2v) is 8.17. The minimum atomic E-state index is -0.445. The number of nitrogens with zero attached hydrogens (tertiary/aromatic N) is 1. The molecule has 146 valence electrons. The maximum absolute atomic E-state index is 12.6. The van der Waals surface area contributed by atoms with Gasteiger partial charge in [0.15, 0.2) is 5.58 Å². The number of hydrogen-bond acceptors (Lipinski definition) is 5. The van der Waals surface area contributed by atoms with E-state index in [-0.39, 0.29) is 5.97 Å². The van der Waals surface area contributed by atoms with Gasteiger partial charge in [-0.2, -0.15) is 0 Å². The molecule has 1 fully saturated rings. The molecule has 1 N–H and O–H groups in total. The molecule has 4 rings (SSSR count).